The van der Waals surface area contributed by atoms with E-state index in [0.717, 1.165) is 0 Å². The van der Waals surface area contributed by atoms with Crippen molar-refractivity contribution in [3.63, 3.8) is 0 Å². The van der Waals surface area contributed by atoms with Gasteiger partial charge in [-0.3, -0.25) is 14.9 Å². The Labute approximate surface area is 169 Å². The molecule has 0 unspecified atom stereocenters. The van der Waals surface area contributed by atoms with Gasteiger partial charge in [0.05, 0.1) is 33.7 Å². The molecular formula is C19H23N3O6S. The van der Waals surface area contributed by atoms with Crippen LogP contribution in [0.1, 0.15) is 25.0 Å². The zero-order valence-electron chi connectivity index (χ0n) is 16.6. The Kier molecular flexibility index (Phi) is 6.93. The van der Waals surface area contributed by atoms with Gasteiger partial charge in [-0.25, -0.2) is 8.42 Å². The first-order valence-electron chi connectivity index (χ1n) is 8.87. The first kappa shape index (κ1) is 22.3. The van der Waals surface area contributed by atoms with Crippen LogP contribution in [-0.2, 0) is 14.8 Å². The van der Waals surface area contributed by atoms with E-state index in [1.165, 1.54) is 44.2 Å². The van der Waals surface area contributed by atoms with Crippen LogP contribution < -0.4 is 14.8 Å². The highest BCUT2D eigenvalue weighted by Gasteiger charge is 2.24. The number of sulfonamides is 1. The number of hydrogen-bond acceptors (Lipinski definition) is 6. The van der Waals surface area contributed by atoms with Crippen LogP contribution in [0.4, 0.5) is 11.4 Å². The van der Waals surface area contributed by atoms with Crippen molar-refractivity contribution in [2.24, 2.45) is 0 Å². The average Bonchev–Trinajstić information content (AvgIpc) is 2.64. The van der Waals surface area contributed by atoms with E-state index in [9.17, 15) is 23.3 Å². The largest absolute Gasteiger partial charge is 0.494 e. The van der Waals surface area contributed by atoms with Gasteiger partial charge in [0, 0.05) is 6.07 Å². The van der Waals surface area contributed by atoms with Gasteiger partial charge in [0.25, 0.3) is 5.69 Å². The summed E-state index contributed by atoms with van der Waals surface area (Å²) in [5, 5.41) is 13.5. The summed E-state index contributed by atoms with van der Waals surface area (Å²) in [5.41, 5.74) is 1.04. The van der Waals surface area contributed by atoms with Crippen LogP contribution in [0, 0.1) is 24.0 Å². The number of rotatable bonds is 8. The highest BCUT2D eigenvalue weighted by molar-refractivity contribution is 7.89. The standard InChI is InChI=1S/C19H23N3O6S/c1-5-28-18-10-9-15(11-12(18)2)29(26,27)21-14(4)19(23)20-16-7-6-8-17(13(16)3)22(24)25/h6-11,14,21H,5H2,1-4H3,(H,20,23)/t14-/m1/s1. The van der Waals surface area contributed by atoms with Crippen molar-refractivity contribution in [3.05, 3.63) is 57.6 Å². The van der Waals surface area contributed by atoms with E-state index >= 15 is 0 Å². The molecule has 2 aromatic rings. The number of amides is 1. The summed E-state index contributed by atoms with van der Waals surface area (Å²) in [6.45, 7) is 6.91. The number of nitro benzene ring substituents is 1. The van der Waals surface area contributed by atoms with E-state index in [0.29, 0.717) is 17.9 Å². The van der Waals surface area contributed by atoms with Gasteiger partial charge in [-0.1, -0.05) is 6.07 Å². The van der Waals surface area contributed by atoms with Gasteiger partial charge in [-0.15, -0.1) is 0 Å². The van der Waals surface area contributed by atoms with E-state index in [-0.39, 0.29) is 21.8 Å². The molecule has 2 aromatic carbocycles. The SMILES string of the molecule is CCOc1ccc(S(=O)(=O)N[C@H](C)C(=O)Nc2cccc([N+](=O)[O-])c2C)cc1C. The summed E-state index contributed by atoms with van der Waals surface area (Å²) in [5.74, 6) is -0.0572. The molecule has 0 heterocycles. The Bertz CT molecular complexity index is 1040. The quantitative estimate of drug-likeness (QED) is 0.498. The van der Waals surface area contributed by atoms with Crippen LogP contribution in [0.5, 0.6) is 5.75 Å². The van der Waals surface area contributed by atoms with Crippen molar-refractivity contribution >= 4 is 27.3 Å². The molecular weight excluding hydrogens is 398 g/mol. The zero-order valence-corrected chi connectivity index (χ0v) is 17.4. The van der Waals surface area contributed by atoms with Gasteiger partial charge in [0.1, 0.15) is 5.75 Å². The van der Waals surface area contributed by atoms with Crippen molar-refractivity contribution < 1.29 is 22.9 Å². The lowest BCUT2D eigenvalue weighted by Crippen LogP contribution is -2.41. The maximum absolute atomic E-state index is 12.6. The lowest BCUT2D eigenvalue weighted by Gasteiger charge is -2.16. The summed E-state index contributed by atoms with van der Waals surface area (Å²) < 4.78 is 32.9. The van der Waals surface area contributed by atoms with E-state index < -0.39 is 26.9 Å². The van der Waals surface area contributed by atoms with Crippen LogP contribution in [-0.4, -0.2) is 31.9 Å². The number of nitrogens with one attached hydrogen (secondary N) is 2. The van der Waals surface area contributed by atoms with Gasteiger partial charge >= 0.3 is 0 Å². The Morgan fingerprint density at radius 3 is 2.52 bits per heavy atom. The molecule has 29 heavy (non-hydrogen) atoms. The normalized spacial score (nSPS) is 12.3. The molecule has 2 rings (SSSR count). The third kappa shape index (κ3) is 5.30. The molecule has 1 amide bonds. The van der Waals surface area contributed by atoms with Crippen molar-refractivity contribution in [1.29, 1.82) is 0 Å². The first-order valence-corrected chi connectivity index (χ1v) is 10.4. The topological polar surface area (TPSA) is 128 Å². The molecule has 0 fully saturated rings. The van der Waals surface area contributed by atoms with Gasteiger partial charge in [-0.05, 0) is 57.5 Å². The molecule has 10 heteroatoms. The summed E-state index contributed by atoms with van der Waals surface area (Å²) in [6, 6.07) is 7.59. The van der Waals surface area contributed by atoms with Crippen molar-refractivity contribution in [2.75, 3.05) is 11.9 Å². The number of carbonyl (C=O) groups is 1. The number of anilines is 1. The molecule has 0 saturated heterocycles. The molecule has 0 saturated carbocycles. The van der Waals surface area contributed by atoms with Crippen LogP contribution in [0.2, 0.25) is 0 Å². The molecule has 0 aliphatic heterocycles. The maximum Gasteiger partial charge on any atom is 0.274 e. The Morgan fingerprint density at radius 2 is 1.93 bits per heavy atom. The number of aryl methyl sites for hydroxylation is 1. The molecule has 0 spiro atoms. The minimum atomic E-state index is -3.96. The lowest BCUT2D eigenvalue weighted by molar-refractivity contribution is -0.385. The van der Waals surface area contributed by atoms with Crippen LogP contribution >= 0.6 is 0 Å². The molecule has 2 N–H and O–H groups in total. The Morgan fingerprint density at radius 1 is 1.24 bits per heavy atom. The monoisotopic (exact) mass is 421 g/mol. The summed E-state index contributed by atoms with van der Waals surface area (Å²) >= 11 is 0. The van der Waals surface area contributed by atoms with Crippen LogP contribution in [0.3, 0.4) is 0 Å². The number of nitrogens with zero attached hydrogens (tertiary/aromatic N) is 1. The van der Waals surface area contributed by atoms with Gasteiger partial charge in [-0.2, -0.15) is 4.72 Å². The van der Waals surface area contributed by atoms with Crippen LogP contribution in [0.25, 0.3) is 0 Å². The third-order valence-corrected chi connectivity index (χ3v) is 5.78. The third-order valence-electron chi connectivity index (χ3n) is 4.24. The second-order valence-electron chi connectivity index (χ2n) is 6.40. The predicted octanol–water partition coefficient (Wildman–Crippen LogP) is 2.92. The first-order chi connectivity index (χ1) is 13.6. The molecule has 9 nitrogen and oxygen atoms in total. The van der Waals surface area contributed by atoms with Gasteiger partial charge in [0.15, 0.2) is 0 Å². The highest BCUT2D eigenvalue weighted by Crippen LogP contribution is 2.25. The molecule has 0 aliphatic carbocycles. The molecule has 0 aliphatic rings. The summed E-state index contributed by atoms with van der Waals surface area (Å²) in [7, 11) is -3.96. The van der Waals surface area contributed by atoms with Crippen molar-refractivity contribution in [2.45, 2.75) is 38.6 Å². The summed E-state index contributed by atoms with van der Waals surface area (Å²) in [6.07, 6.45) is 0. The minimum absolute atomic E-state index is 0.00429. The molecule has 0 radical (unpaired) electrons. The van der Waals surface area contributed by atoms with Crippen LogP contribution in [0.15, 0.2) is 41.3 Å². The number of benzene rings is 2. The Balaban J connectivity index is 2.16. The second kappa shape index (κ2) is 9.01. The fraction of sp³-hybridized carbons (Fsp3) is 0.316. The van der Waals surface area contributed by atoms with E-state index in [1.54, 1.807) is 13.0 Å². The fourth-order valence-electron chi connectivity index (χ4n) is 2.66. The highest BCUT2D eigenvalue weighted by atomic mass is 32.2. The maximum atomic E-state index is 12.6. The van der Waals surface area contributed by atoms with E-state index in [1.807, 2.05) is 6.92 Å². The zero-order chi connectivity index (χ0) is 21.8. The average molecular weight is 421 g/mol. The number of nitro groups is 1. The fourth-order valence-corrected chi connectivity index (χ4v) is 3.95. The lowest BCUT2D eigenvalue weighted by atomic mass is 10.1. The number of carbonyl (C=O) groups excluding carboxylic acids is 1. The Hall–Kier alpha value is -2.98. The van der Waals surface area contributed by atoms with Crippen molar-refractivity contribution in [3.8, 4) is 5.75 Å². The van der Waals surface area contributed by atoms with Gasteiger partial charge in [0.2, 0.25) is 15.9 Å². The second-order valence-corrected chi connectivity index (χ2v) is 8.11. The van der Waals surface area contributed by atoms with Crippen molar-refractivity contribution in [1.82, 2.24) is 4.72 Å². The smallest absolute Gasteiger partial charge is 0.274 e. The molecule has 1 atom stereocenters. The minimum Gasteiger partial charge on any atom is -0.494 e. The number of ether oxygens (including phenoxy) is 1. The molecule has 0 bridgehead atoms. The summed E-state index contributed by atoms with van der Waals surface area (Å²) in [4.78, 5) is 22.9. The molecule has 156 valence electrons. The van der Waals surface area contributed by atoms with E-state index in [2.05, 4.69) is 10.0 Å². The van der Waals surface area contributed by atoms with Gasteiger partial charge < -0.3 is 10.1 Å². The van der Waals surface area contributed by atoms with E-state index in [4.69, 9.17) is 4.74 Å². The number of hydrogen-bond donors (Lipinski definition) is 2. The predicted molar refractivity (Wildman–Crippen MR) is 109 cm³/mol. The molecule has 0 aromatic heterocycles.